The van der Waals surface area contributed by atoms with Crippen LogP contribution in [0.3, 0.4) is 0 Å². The van der Waals surface area contributed by atoms with Gasteiger partial charge in [0.25, 0.3) is 0 Å². The van der Waals surface area contributed by atoms with Gasteiger partial charge in [0, 0.05) is 25.7 Å². The minimum absolute atomic E-state index is 0. The van der Waals surface area contributed by atoms with Crippen molar-refractivity contribution in [2.24, 2.45) is 0 Å². The first-order chi connectivity index (χ1) is 11.3. The highest BCUT2D eigenvalue weighted by molar-refractivity contribution is 9.11. The van der Waals surface area contributed by atoms with Crippen LogP contribution in [0.4, 0.5) is 22.7 Å². The Labute approximate surface area is 161 Å². The number of hydrogen-bond donors (Lipinski definition) is 1. The van der Waals surface area contributed by atoms with Gasteiger partial charge in [0.15, 0.2) is 5.13 Å². The van der Waals surface area contributed by atoms with Crippen LogP contribution in [0, 0.1) is 5.82 Å². The molecule has 1 aliphatic heterocycles. The van der Waals surface area contributed by atoms with E-state index in [1.807, 2.05) is 0 Å². The van der Waals surface area contributed by atoms with Crippen LogP contribution in [0.25, 0.3) is 0 Å². The Balaban J connectivity index is 0.00000225. The quantitative estimate of drug-likeness (QED) is 0.661. The number of alkyl halides is 3. The van der Waals surface area contributed by atoms with E-state index in [2.05, 4.69) is 31.1 Å². The summed E-state index contributed by atoms with van der Waals surface area (Å²) in [5.74, 6) is -0.882. The SMILES string of the molecule is Cl.Fc1ccc(CN[C@H]2CCN(c3ncc(Br)s3)C2)c(C(F)(F)F)c1. The topological polar surface area (TPSA) is 28.2 Å². The van der Waals surface area contributed by atoms with Gasteiger partial charge in [-0.15, -0.1) is 12.4 Å². The maximum atomic E-state index is 13.1. The summed E-state index contributed by atoms with van der Waals surface area (Å²) in [5, 5.41) is 4.03. The Kier molecular flexibility index (Phi) is 6.69. The molecule has 1 fully saturated rings. The molecule has 3 nitrogen and oxygen atoms in total. The lowest BCUT2D eigenvalue weighted by atomic mass is 10.1. The molecule has 0 aliphatic carbocycles. The molecule has 1 N–H and O–H groups in total. The molecular formula is C15H15BrClF4N3S. The number of aromatic nitrogens is 1. The van der Waals surface area contributed by atoms with Gasteiger partial charge in [0.05, 0.1) is 15.5 Å². The van der Waals surface area contributed by atoms with E-state index in [1.54, 1.807) is 6.20 Å². The third-order valence-electron chi connectivity index (χ3n) is 3.88. The van der Waals surface area contributed by atoms with Gasteiger partial charge in [0.2, 0.25) is 0 Å². The van der Waals surface area contributed by atoms with Crippen LogP contribution in [0.15, 0.2) is 28.2 Å². The molecule has 1 aliphatic rings. The van der Waals surface area contributed by atoms with Crippen LogP contribution < -0.4 is 10.2 Å². The molecular weight excluding hydrogens is 446 g/mol. The number of hydrogen-bond acceptors (Lipinski definition) is 4. The first-order valence-electron chi connectivity index (χ1n) is 7.28. The Morgan fingerprint density at radius 1 is 1.36 bits per heavy atom. The highest BCUT2D eigenvalue weighted by Crippen LogP contribution is 2.33. The minimum atomic E-state index is -4.56. The predicted octanol–water partition coefficient (Wildman–Crippen LogP) is 4.85. The van der Waals surface area contributed by atoms with E-state index in [9.17, 15) is 17.6 Å². The first-order valence-corrected chi connectivity index (χ1v) is 8.89. The number of nitrogens with one attached hydrogen (secondary N) is 1. The summed E-state index contributed by atoms with van der Waals surface area (Å²) < 4.78 is 53.1. The van der Waals surface area contributed by atoms with E-state index in [0.717, 1.165) is 27.9 Å². The zero-order valence-corrected chi connectivity index (χ0v) is 16.0. The van der Waals surface area contributed by atoms with Crippen LogP contribution in [-0.4, -0.2) is 24.1 Å². The molecule has 1 atom stereocenters. The van der Waals surface area contributed by atoms with Crippen LogP contribution in [0.5, 0.6) is 0 Å². The standard InChI is InChI=1S/C15H14BrF4N3S.ClH/c16-13-7-22-14(24-13)23-4-3-11(8-23)21-6-9-1-2-10(17)5-12(9)15(18,19)20;/h1-2,5,7,11,21H,3-4,6,8H2;1H/t11-;/m0./s1. The van der Waals surface area contributed by atoms with Crippen molar-refractivity contribution < 1.29 is 17.6 Å². The van der Waals surface area contributed by atoms with Gasteiger partial charge in [0.1, 0.15) is 5.82 Å². The van der Waals surface area contributed by atoms with Crippen molar-refractivity contribution in [2.75, 3.05) is 18.0 Å². The summed E-state index contributed by atoms with van der Waals surface area (Å²) in [7, 11) is 0. The average Bonchev–Trinajstić information content (AvgIpc) is 3.13. The van der Waals surface area contributed by atoms with E-state index in [1.165, 1.54) is 17.4 Å². The molecule has 0 unspecified atom stereocenters. The van der Waals surface area contributed by atoms with Gasteiger partial charge >= 0.3 is 6.18 Å². The van der Waals surface area contributed by atoms with Gasteiger partial charge in [-0.05, 0) is 40.0 Å². The monoisotopic (exact) mass is 459 g/mol. The molecule has 0 radical (unpaired) electrons. The number of thiazole rings is 1. The van der Waals surface area contributed by atoms with Gasteiger partial charge in [-0.3, -0.25) is 0 Å². The molecule has 0 amide bonds. The van der Waals surface area contributed by atoms with Crippen molar-refractivity contribution in [2.45, 2.75) is 25.2 Å². The molecule has 10 heteroatoms. The molecule has 0 saturated carbocycles. The fraction of sp³-hybridized carbons (Fsp3) is 0.400. The largest absolute Gasteiger partial charge is 0.416 e. The molecule has 1 aromatic heterocycles. The molecule has 138 valence electrons. The third-order valence-corrected chi connectivity index (χ3v) is 5.42. The second-order valence-corrected chi connectivity index (χ2v) is 7.95. The summed E-state index contributed by atoms with van der Waals surface area (Å²) in [5.41, 5.74) is -0.868. The Hall–Kier alpha value is -0.900. The highest BCUT2D eigenvalue weighted by Gasteiger charge is 2.34. The first kappa shape index (κ1) is 20.4. The molecule has 1 aromatic carbocycles. The van der Waals surface area contributed by atoms with Crippen molar-refractivity contribution >= 4 is 44.8 Å². The van der Waals surface area contributed by atoms with Gasteiger partial charge < -0.3 is 10.2 Å². The predicted molar refractivity (Wildman–Crippen MR) is 95.9 cm³/mol. The second kappa shape index (κ2) is 8.20. The number of nitrogens with zero attached hydrogens (tertiary/aromatic N) is 2. The van der Waals surface area contributed by atoms with Crippen molar-refractivity contribution in [3.05, 3.63) is 45.1 Å². The van der Waals surface area contributed by atoms with Crippen molar-refractivity contribution in [1.82, 2.24) is 10.3 Å². The van der Waals surface area contributed by atoms with Gasteiger partial charge in [-0.1, -0.05) is 17.4 Å². The van der Waals surface area contributed by atoms with Crippen LogP contribution in [-0.2, 0) is 12.7 Å². The van der Waals surface area contributed by atoms with E-state index >= 15 is 0 Å². The molecule has 3 rings (SSSR count). The summed E-state index contributed by atoms with van der Waals surface area (Å²) >= 11 is 4.89. The van der Waals surface area contributed by atoms with Gasteiger partial charge in [-0.25, -0.2) is 9.37 Å². The molecule has 25 heavy (non-hydrogen) atoms. The molecule has 0 bridgehead atoms. The van der Waals surface area contributed by atoms with Crippen molar-refractivity contribution in [3.63, 3.8) is 0 Å². The molecule has 2 aromatic rings. The number of benzene rings is 1. The number of anilines is 1. The molecule has 1 saturated heterocycles. The van der Waals surface area contributed by atoms with Crippen LogP contribution in [0.2, 0.25) is 0 Å². The number of rotatable bonds is 4. The third kappa shape index (κ3) is 5.06. The highest BCUT2D eigenvalue weighted by atomic mass is 79.9. The smallest absolute Gasteiger partial charge is 0.346 e. The fourth-order valence-electron chi connectivity index (χ4n) is 2.71. The van der Waals surface area contributed by atoms with E-state index in [0.29, 0.717) is 12.6 Å². The lowest BCUT2D eigenvalue weighted by Gasteiger charge is -2.18. The Bertz CT molecular complexity index is 725. The lowest BCUT2D eigenvalue weighted by Crippen LogP contribution is -2.32. The van der Waals surface area contributed by atoms with Crippen molar-refractivity contribution in [3.8, 4) is 0 Å². The minimum Gasteiger partial charge on any atom is -0.346 e. The molecule has 2 heterocycles. The van der Waals surface area contributed by atoms with E-state index < -0.39 is 17.6 Å². The zero-order valence-electron chi connectivity index (χ0n) is 12.8. The fourth-order valence-corrected chi connectivity index (χ4v) is 3.93. The Morgan fingerprint density at radius 2 is 2.12 bits per heavy atom. The summed E-state index contributed by atoms with van der Waals surface area (Å²) in [4.78, 5) is 6.39. The summed E-state index contributed by atoms with van der Waals surface area (Å²) in [6, 6.07) is 2.86. The van der Waals surface area contributed by atoms with E-state index in [-0.39, 0.29) is 30.6 Å². The average molecular weight is 461 g/mol. The maximum Gasteiger partial charge on any atom is 0.416 e. The van der Waals surface area contributed by atoms with Crippen LogP contribution in [0.1, 0.15) is 17.5 Å². The number of halogens is 6. The Morgan fingerprint density at radius 3 is 2.76 bits per heavy atom. The maximum absolute atomic E-state index is 13.1. The summed E-state index contributed by atoms with van der Waals surface area (Å²) in [6.45, 7) is 1.53. The molecule has 0 spiro atoms. The normalized spacial score (nSPS) is 17.6. The lowest BCUT2D eigenvalue weighted by molar-refractivity contribution is -0.138. The second-order valence-electron chi connectivity index (χ2n) is 5.56. The van der Waals surface area contributed by atoms with Gasteiger partial charge in [-0.2, -0.15) is 13.2 Å². The van der Waals surface area contributed by atoms with Crippen molar-refractivity contribution in [1.29, 1.82) is 0 Å². The van der Waals surface area contributed by atoms with Crippen LogP contribution >= 0.6 is 39.7 Å². The zero-order chi connectivity index (χ0) is 17.3. The van der Waals surface area contributed by atoms with E-state index in [4.69, 9.17) is 0 Å². The summed E-state index contributed by atoms with van der Waals surface area (Å²) in [6.07, 6.45) is -2.01.